The van der Waals surface area contributed by atoms with Crippen molar-refractivity contribution in [3.63, 3.8) is 0 Å². The van der Waals surface area contributed by atoms with Crippen LogP contribution in [0, 0.1) is 0 Å². The van der Waals surface area contributed by atoms with Crippen molar-refractivity contribution in [2.24, 2.45) is 0 Å². The molecule has 4 heteroatoms. The molecule has 0 aliphatic carbocycles. The Morgan fingerprint density at radius 2 is 1.74 bits per heavy atom. The third kappa shape index (κ3) is 3.79. The van der Waals surface area contributed by atoms with Crippen molar-refractivity contribution in [1.29, 1.82) is 0 Å². The van der Waals surface area contributed by atoms with Crippen LogP contribution in [0.4, 0.5) is 5.69 Å². The summed E-state index contributed by atoms with van der Waals surface area (Å²) in [5, 5.41) is 10.4. The predicted octanol–water partition coefficient (Wildman–Crippen LogP) is 4.79. The lowest BCUT2D eigenvalue weighted by molar-refractivity contribution is 0.476. The van der Waals surface area contributed by atoms with Crippen LogP contribution < -0.4 is 4.90 Å². The highest BCUT2D eigenvalue weighted by molar-refractivity contribution is 7.19. The lowest BCUT2D eigenvalue weighted by atomic mass is 10.2. The first kappa shape index (κ1) is 15.3. The van der Waals surface area contributed by atoms with E-state index in [4.69, 9.17) is 0 Å². The standard InChI is InChI=1S/C19H18N2OS/c1-21(2)15-9-7-14(8-10-15)5-3-4-6-19-20-17-12-11-16(22)13-18(17)23-19/h3-13,22H,1-2H3/b5-3+,6-4+. The topological polar surface area (TPSA) is 36.4 Å². The van der Waals surface area contributed by atoms with E-state index in [1.165, 1.54) is 5.69 Å². The van der Waals surface area contributed by atoms with Gasteiger partial charge in [-0.1, -0.05) is 30.4 Å². The fraction of sp³-hybridized carbons (Fsp3) is 0.105. The molecule has 1 N–H and O–H groups in total. The van der Waals surface area contributed by atoms with E-state index in [0.29, 0.717) is 0 Å². The number of hydrogen-bond donors (Lipinski definition) is 1. The molecular weight excluding hydrogens is 304 g/mol. The highest BCUT2D eigenvalue weighted by atomic mass is 32.1. The molecule has 0 amide bonds. The Balaban J connectivity index is 1.69. The highest BCUT2D eigenvalue weighted by Crippen LogP contribution is 2.26. The van der Waals surface area contributed by atoms with Crippen molar-refractivity contribution in [2.75, 3.05) is 19.0 Å². The quantitative estimate of drug-likeness (QED) is 0.701. The highest BCUT2D eigenvalue weighted by Gasteiger charge is 2.01. The Kier molecular flexibility index (Phi) is 4.44. The summed E-state index contributed by atoms with van der Waals surface area (Å²) in [5.41, 5.74) is 3.26. The van der Waals surface area contributed by atoms with E-state index < -0.39 is 0 Å². The summed E-state index contributed by atoms with van der Waals surface area (Å²) in [6.07, 6.45) is 8.03. The number of aromatic nitrogens is 1. The third-order valence-corrected chi connectivity index (χ3v) is 4.42. The molecule has 3 aromatic rings. The molecule has 0 aliphatic heterocycles. The van der Waals surface area contributed by atoms with E-state index in [1.807, 2.05) is 38.4 Å². The lowest BCUT2D eigenvalue weighted by Gasteiger charge is -2.11. The van der Waals surface area contributed by atoms with Crippen molar-refractivity contribution < 1.29 is 5.11 Å². The van der Waals surface area contributed by atoms with Crippen LogP contribution in [-0.4, -0.2) is 24.2 Å². The molecule has 0 aliphatic rings. The summed E-state index contributed by atoms with van der Waals surface area (Å²) in [7, 11) is 4.07. The van der Waals surface area contributed by atoms with Gasteiger partial charge in [0.15, 0.2) is 0 Å². The third-order valence-electron chi connectivity index (χ3n) is 3.44. The number of allylic oxidation sites excluding steroid dienone is 2. The van der Waals surface area contributed by atoms with Gasteiger partial charge in [0.1, 0.15) is 10.8 Å². The number of phenols is 1. The number of benzene rings is 2. The maximum absolute atomic E-state index is 9.48. The zero-order chi connectivity index (χ0) is 16.2. The number of nitrogens with zero attached hydrogens (tertiary/aromatic N) is 2. The van der Waals surface area contributed by atoms with Gasteiger partial charge in [0.25, 0.3) is 0 Å². The Hall–Kier alpha value is -2.59. The molecule has 1 aromatic heterocycles. The zero-order valence-corrected chi connectivity index (χ0v) is 13.9. The minimum atomic E-state index is 0.276. The number of rotatable bonds is 4. The fourth-order valence-electron chi connectivity index (χ4n) is 2.19. The van der Waals surface area contributed by atoms with E-state index >= 15 is 0 Å². The summed E-state index contributed by atoms with van der Waals surface area (Å²) in [4.78, 5) is 6.59. The molecule has 116 valence electrons. The first-order valence-corrected chi connectivity index (χ1v) is 8.15. The molecule has 0 saturated heterocycles. The molecular formula is C19H18N2OS. The molecule has 3 nitrogen and oxygen atoms in total. The van der Waals surface area contributed by atoms with Gasteiger partial charge in [0.2, 0.25) is 0 Å². The molecule has 0 atom stereocenters. The van der Waals surface area contributed by atoms with Crippen molar-refractivity contribution in [1.82, 2.24) is 4.98 Å². The van der Waals surface area contributed by atoms with Gasteiger partial charge in [0, 0.05) is 19.8 Å². The van der Waals surface area contributed by atoms with Crippen LogP contribution in [0.5, 0.6) is 5.75 Å². The molecule has 0 unspecified atom stereocenters. The molecule has 1 heterocycles. The number of thiazole rings is 1. The summed E-state index contributed by atoms with van der Waals surface area (Å²) in [6.45, 7) is 0. The number of aromatic hydroxyl groups is 1. The second kappa shape index (κ2) is 6.67. The summed E-state index contributed by atoms with van der Waals surface area (Å²) in [5.74, 6) is 0.276. The van der Waals surface area contributed by atoms with Gasteiger partial charge < -0.3 is 10.0 Å². The maximum Gasteiger partial charge on any atom is 0.117 e. The van der Waals surface area contributed by atoms with Crippen LogP contribution in [0.3, 0.4) is 0 Å². The zero-order valence-electron chi connectivity index (χ0n) is 13.1. The Morgan fingerprint density at radius 3 is 2.48 bits per heavy atom. The van der Waals surface area contributed by atoms with Crippen LogP contribution in [0.25, 0.3) is 22.4 Å². The van der Waals surface area contributed by atoms with Gasteiger partial charge in [-0.2, -0.15) is 0 Å². The summed E-state index contributed by atoms with van der Waals surface area (Å²) >= 11 is 1.57. The van der Waals surface area contributed by atoms with Gasteiger partial charge in [-0.05, 0) is 42.0 Å². The van der Waals surface area contributed by atoms with Crippen LogP contribution >= 0.6 is 11.3 Å². The number of hydrogen-bond acceptors (Lipinski definition) is 4. The van der Waals surface area contributed by atoms with Crippen molar-refractivity contribution in [3.05, 3.63) is 65.2 Å². The molecule has 0 spiro atoms. The molecule has 0 saturated carbocycles. The average molecular weight is 322 g/mol. The molecule has 2 aromatic carbocycles. The second-order valence-electron chi connectivity index (χ2n) is 5.41. The van der Waals surface area contributed by atoms with Crippen LogP contribution in [0.15, 0.2) is 54.6 Å². The summed E-state index contributed by atoms with van der Waals surface area (Å²) < 4.78 is 0.993. The van der Waals surface area contributed by atoms with Crippen LogP contribution in [-0.2, 0) is 0 Å². The van der Waals surface area contributed by atoms with E-state index in [9.17, 15) is 5.11 Å². The van der Waals surface area contributed by atoms with Gasteiger partial charge in [-0.15, -0.1) is 11.3 Å². The lowest BCUT2D eigenvalue weighted by Crippen LogP contribution is -2.07. The first-order chi connectivity index (χ1) is 11.1. The average Bonchev–Trinajstić information content (AvgIpc) is 2.94. The monoisotopic (exact) mass is 322 g/mol. The minimum absolute atomic E-state index is 0.276. The predicted molar refractivity (Wildman–Crippen MR) is 100 cm³/mol. The van der Waals surface area contributed by atoms with E-state index in [1.54, 1.807) is 23.5 Å². The SMILES string of the molecule is CN(C)c1ccc(/C=C/C=C/c2nc3ccc(O)cc3s2)cc1. The largest absolute Gasteiger partial charge is 0.508 e. The van der Waals surface area contributed by atoms with E-state index in [2.05, 4.69) is 40.2 Å². The molecule has 0 radical (unpaired) electrons. The van der Waals surface area contributed by atoms with Crippen molar-refractivity contribution >= 4 is 39.4 Å². The van der Waals surface area contributed by atoms with Gasteiger partial charge in [-0.3, -0.25) is 0 Å². The Bertz CT molecular complexity index is 861. The number of anilines is 1. The molecule has 23 heavy (non-hydrogen) atoms. The molecule has 0 fully saturated rings. The van der Waals surface area contributed by atoms with Crippen molar-refractivity contribution in [3.8, 4) is 5.75 Å². The number of fused-ring (bicyclic) bond motifs is 1. The Morgan fingerprint density at radius 1 is 1.00 bits per heavy atom. The number of phenolic OH excluding ortho intramolecular Hbond substituents is 1. The van der Waals surface area contributed by atoms with E-state index in [-0.39, 0.29) is 5.75 Å². The smallest absolute Gasteiger partial charge is 0.117 e. The van der Waals surface area contributed by atoms with E-state index in [0.717, 1.165) is 20.8 Å². The second-order valence-corrected chi connectivity index (χ2v) is 6.47. The van der Waals surface area contributed by atoms with Crippen molar-refractivity contribution in [2.45, 2.75) is 0 Å². The van der Waals surface area contributed by atoms with Crippen LogP contribution in [0.1, 0.15) is 10.6 Å². The van der Waals surface area contributed by atoms with Gasteiger partial charge >= 0.3 is 0 Å². The maximum atomic E-state index is 9.48. The first-order valence-electron chi connectivity index (χ1n) is 7.33. The molecule has 0 bridgehead atoms. The fourth-order valence-corrected chi connectivity index (χ4v) is 3.10. The Labute approximate surface area is 139 Å². The minimum Gasteiger partial charge on any atom is -0.508 e. The normalized spacial score (nSPS) is 11.7. The van der Waals surface area contributed by atoms with Gasteiger partial charge in [0.05, 0.1) is 10.2 Å². The van der Waals surface area contributed by atoms with Crippen LogP contribution in [0.2, 0.25) is 0 Å². The van der Waals surface area contributed by atoms with Gasteiger partial charge in [-0.25, -0.2) is 4.98 Å². The molecule has 3 rings (SSSR count). The summed E-state index contributed by atoms with van der Waals surface area (Å²) in [6, 6.07) is 13.6.